The molecule has 2 rings (SSSR count). The summed E-state index contributed by atoms with van der Waals surface area (Å²) in [6.45, 7) is 9.74. The molecule has 0 fully saturated rings. The standard InChI is InChI=1S/2C52H90O7S.Ca/c2*1-3-5-7-9-11-13-15-17-19-21-23-25-27-29-31-33-35-37-39-41-45-58-51(53)49-44-43-48(60(55,56)57)47-50(49)52(54)59-46-42-40-38-36-34-32-30-28-26-24-22-20-18-16-14-12-10-8-6-4-2;/h2*11-14,43-44,47H,3-10,15-42,45-46H2,1-2H3,(H,55,56,57);/q;;+2/p-2/b2*13-11+,14-12+;. The van der Waals surface area contributed by atoms with Crippen molar-refractivity contribution < 1.29 is 64.1 Å². The van der Waals surface area contributed by atoms with Crippen LogP contribution in [0.25, 0.3) is 0 Å². The molecule has 0 atom stereocenters. The van der Waals surface area contributed by atoms with Crippen LogP contribution in [0.1, 0.15) is 531 Å². The molecule has 0 heterocycles. The van der Waals surface area contributed by atoms with Gasteiger partial charge in [0.05, 0.1) is 58.5 Å². The van der Waals surface area contributed by atoms with Gasteiger partial charge in [0.2, 0.25) is 0 Å². The first kappa shape index (κ1) is 117. The molecule has 0 aliphatic carbocycles. The molecule has 692 valence electrons. The number of benzene rings is 2. The molecule has 0 spiro atoms. The predicted octanol–water partition coefficient (Wildman–Crippen LogP) is 31.8. The zero-order valence-corrected chi connectivity index (χ0v) is 81.9. The van der Waals surface area contributed by atoms with Crippen LogP contribution in [-0.2, 0) is 39.2 Å². The van der Waals surface area contributed by atoms with E-state index in [9.17, 15) is 45.1 Å². The number of hydrogen-bond acceptors (Lipinski definition) is 14. The fraction of sp³-hybridized carbons (Fsp3) is 0.769. The molecule has 2 aromatic carbocycles. The fourth-order valence-electron chi connectivity index (χ4n) is 15.2. The van der Waals surface area contributed by atoms with Crippen LogP contribution in [0.5, 0.6) is 0 Å². The van der Waals surface area contributed by atoms with Gasteiger partial charge in [-0.1, -0.05) is 410 Å². The van der Waals surface area contributed by atoms with Gasteiger partial charge in [0.25, 0.3) is 0 Å². The maximum atomic E-state index is 13.0. The van der Waals surface area contributed by atoms with E-state index in [-0.39, 0.29) is 86.4 Å². The van der Waals surface area contributed by atoms with Crippen LogP contribution in [0.4, 0.5) is 0 Å². The minimum atomic E-state index is -4.82. The minimum Gasteiger partial charge on any atom is -0.744 e. The average Bonchev–Trinajstić information content (AvgIpc) is 0.813. The third-order valence-electron chi connectivity index (χ3n) is 23.0. The molecule has 121 heavy (non-hydrogen) atoms. The summed E-state index contributed by atoms with van der Waals surface area (Å²) in [7, 11) is -9.64. The van der Waals surface area contributed by atoms with Crippen molar-refractivity contribution in [2.24, 2.45) is 0 Å². The molecule has 2 aromatic rings. The van der Waals surface area contributed by atoms with Crippen molar-refractivity contribution in [2.45, 2.75) is 500 Å². The molecule has 0 aliphatic rings. The number of esters is 4. The van der Waals surface area contributed by atoms with Gasteiger partial charge in [0.15, 0.2) is 0 Å². The molecule has 0 radical (unpaired) electrons. The van der Waals surface area contributed by atoms with Crippen molar-refractivity contribution in [1.82, 2.24) is 0 Å². The molecular weight excluding hydrogens is 1580 g/mol. The largest absolute Gasteiger partial charge is 2.00 e. The second-order valence-electron chi connectivity index (χ2n) is 34.3. The van der Waals surface area contributed by atoms with Gasteiger partial charge in [-0.25, -0.2) is 36.0 Å². The Morgan fingerprint density at radius 2 is 0.364 bits per heavy atom. The number of rotatable bonds is 86. The van der Waals surface area contributed by atoms with Crippen molar-refractivity contribution >= 4 is 81.9 Å². The van der Waals surface area contributed by atoms with E-state index in [2.05, 4.69) is 76.3 Å². The minimum absolute atomic E-state index is 0. The van der Waals surface area contributed by atoms with Crippen LogP contribution >= 0.6 is 0 Å². The Hall–Kier alpha value is -3.64. The third kappa shape index (κ3) is 75.1. The zero-order chi connectivity index (χ0) is 87.2. The Balaban J connectivity index is 0.00000236. The van der Waals surface area contributed by atoms with E-state index in [4.69, 9.17) is 18.9 Å². The Morgan fingerprint density at radius 1 is 0.223 bits per heavy atom. The van der Waals surface area contributed by atoms with Gasteiger partial charge in [0.1, 0.15) is 20.2 Å². The van der Waals surface area contributed by atoms with E-state index in [0.717, 1.165) is 88.5 Å². The molecule has 0 bridgehead atoms. The third-order valence-corrected chi connectivity index (χ3v) is 24.7. The summed E-state index contributed by atoms with van der Waals surface area (Å²) < 4.78 is 91.9. The van der Waals surface area contributed by atoms with Crippen LogP contribution in [0.3, 0.4) is 0 Å². The fourth-order valence-corrected chi connectivity index (χ4v) is 16.2. The first-order chi connectivity index (χ1) is 58.6. The molecule has 17 heteroatoms. The Kier molecular flexibility index (Phi) is 85.7. The van der Waals surface area contributed by atoms with E-state index in [1.807, 2.05) is 0 Å². The zero-order valence-electron chi connectivity index (χ0n) is 78.1. The first-order valence-electron chi connectivity index (χ1n) is 50.1. The van der Waals surface area contributed by atoms with Crippen LogP contribution in [0.2, 0.25) is 0 Å². The van der Waals surface area contributed by atoms with Gasteiger partial charge in [-0.15, -0.1) is 0 Å². The summed E-state index contributed by atoms with van der Waals surface area (Å²) in [4.78, 5) is 50.7. The van der Waals surface area contributed by atoms with E-state index in [1.165, 1.54) is 385 Å². The van der Waals surface area contributed by atoms with Gasteiger partial charge >= 0.3 is 61.6 Å². The number of allylic oxidation sites excluding steroid dienone is 8. The Bertz CT molecular complexity index is 2880. The van der Waals surface area contributed by atoms with Crippen molar-refractivity contribution in [3.05, 3.63) is 107 Å². The monoisotopic (exact) mass is 1760 g/mol. The summed E-state index contributed by atoms with van der Waals surface area (Å²) in [5, 5.41) is 0. The molecule has 0 aliphatic heterocycles. The molecule has 0 unspecified atom stereocenters. The summed E-state index contributed by atoms with van der Waals surface area (Å²) in [6.07, 6.45) is 107. The Morgan fingerprint density at radius 3 is 0.521 bits per heavy atom. The SMILES string of the molecule is CCCCC/C=C/CCCCCCCCCCCCCCCOC(=O)c1ccc(S(=O)(=O)[O-])cc1C(=O)OCCCCCCCCCCCCCCC/C=C/CCCCC.CCCCC/C=C/CCCCCCCCCCCCCCCOC(=O)c1ccc(S(=O)(=O)[O-])cc1C(=O)OCCCCCCCCCCCCCCC/C=C/CCCCC.[Ca+2]. The topological polar surface area (TPSA) is 220 Å². The average molecular weight is 1760 g/mol. The molecule has 0 N–H and O–H groups in total. The first-order valence-corrected chi connectivity index (χ1v) is 52.9. The number of unbranched alkanes of at least 4 members (excludes halogenated alkanes) is 64. The van der Waals surface area contributed by atoms with Crippen molar-refractivity contribution in [1.29, 1.82) is 0 Å². The number of ether oxygens (including phenoxy) is 4. The van der Waals surface area contributed by atoms with Gasteiger partial charge < -0.3 is 28.1 Å². The van der Waals surface area contributed by atoms with E-state index in [0.29, 0.717) is 25.7 Å². The van der Waals surface area contributed by atoms with Crippen molar-refractivity contribution in [3.63, 3.8) is 0 Å². The Labute approximate surface area is 773 Å². The quantitative estimate of drug-likeness (QED) is 0.0150. The van der Waals surface area contributed by atoms with Crippen LogP contribution in [0, 0.1) is 0 Å². The smallest absolute Gasteiger partial charge is 0.744 e. The van der Waals surface area contributed by atoms with Crippen molar-refractivity contribution in [2.75, 3.05) is 26.4 Å². The second kappa shape index (κ2) is 88.4. The molecule has 0 saturated carbocycles. The summed E-state index contributed by atoms with van der Waals surface area (Å²) >= 11 is 0. The maximum absolute atomic E-state index is 13.0. The summed E-state index contributed by atoms with van der Waals surface area (Å²) in [5.74, 6) is -3.08. The maximum Gasteiger partial charge on any atom is 2.00 e. The number of hydrogen-bond donors (Lipinski definition) is 0. The van der Waals surface area contributed by atoms with Gasteiger partial charge in [-0.05, 0) is 165 Å². The molecule has 0 aromatic heterocycles. The van der Waals surface area contributed by atoms with Gasteiger partial charge in [-0.2, -0.15) is 0 Å². The molecule has 0 amide bonds. The predicted molar refractivity (Wildman–Crippen MR) is 507 cm³/mol. The van der Waals surface area contributed by atoms with Crippen molar-refractivity contribution in [3.8, 4) is 0 Å². The van der Waals surface area contributed by atoms with Crippen LogP contribution in [0.15, 0.2) is 94.8 Å². The number of carbonyl (C=O) groups excluding carboxylic acids is 4. The number of carbonyl (C=O) groups is 4. The van der Waals surface area contributed by atoms with E-state index in [1.54, 1.807) is 0 Å². The van der Waals surface area contributed by atoms with E-state index < -0.39 is 53.9 Å². The normalized spacial score (nSPS) is 11.8. The van der Waals surface area contributed by atoms with Gasteiger partial charge in [0, 0.05) is 0 Å². The van der Waals surface area contributed by atoms with Crippen LogP contribution in [-0.4, -0.2) is 114 Å². The summed E-state index contributed by atoms with van der Waals surface area (Å²) in [6, 6.07) is 6.31. The molecular formula is C104H178CaO14S2. The molecule has 0 saturated heterocycles. The van der Waals surface area contributed by atoms with Gasteiger partial charge in [-0.3, -0.25) is 0 Å². The summed E-state index contributed by atoms with van der Waals surface area (Å²) in [5.41, 5.74) is -0.663. The molecule has 14 nitrogen and oxygen atoms in total. The second-order valence-corrected chi connectivity index (χ2v) is 37.0. The van der Waals surface area contributed by atoms with Crippen LogP contribution < -0.4 is 0 Å². The van der Waals surface area contributed by atoms with E-state index >= 15 is 0 Å².